The van der Waals surface area contributed by atoms with Gasteiger partial charge in [-0.1, -0.05) is 32.0 Å². The molecule has 3 aromatic rings. The van der Waals surface area contributed by atoms with Crippen LogP contribution in [0.15, 0.2) is 30.5 Å². The van der Waals surface area contributed by atoms with Crippen molar-refractivity contribution in [3.8, 4) is 0 Å². The van der Waals surface area contributed by atoms with Crippen molar-refractivity contribution >= 4 is 28.8 Å². The number of hydrogen-bond donors (Lipinski definition) is 3. The summed E-state index contributed by atoms with van der Waals surface area (Å²) >= 11 is 0. The predicted molar refractivity (Wildman–Crippen MR) is 108 cm³/mol. The zero-order valence-corrected chi connectivity index (χ0v) is 16.9. The Morgan fingerprint density at radius 2 is 1.87 bits per heavy atom. The van der Waals surface area contributed by atoms with Crippen LogP contribution >= 0.6 is 0 Å². The summed E-state index contributed by atoms with van der Waals surface area (Å²) in [7, 11) is 3.87. The van der Waals surface area contributed by atoms with Gasteiger partial charge in [0.25, 0.3) is 0 Å². The molecule has 0 aliphatic rings. The number of nitrogens with one attached hydrogen (secondary N) is 2. The lowest BCUT2D eigenvalue weighted by Crippen LogP contribution is -2.21. The Morgan fingerprint density at radius 3 is 2.43 bits per heavy atom. The number of carbonyl (C=O) groups is 1. The molecule has 0 spiro atoms. The molecule has 0 unspecified atom stereocenters. The highest BCUT2D eigenvalue weighted by Crippen LogP contribution is 2.19. The van der Waals surface area contributed by atoms with Crippen molar-refractivity contribution in [2.45, 2.75) is 32.5 Å². The van der Waals surface area contributed by atoms with Gasteiger partial charge in [0, 0.05) is 32.8 Å². The molecular weight excluding hydrogens is 401 g/mol. The van der Waals surface area contributed by atoms with Crippen LogP contribution < -0.4 is 10.2 Å². The smallest absolute Gasteiger partial charge is 0.475 e. The summed E-state index contributed by atoms with van der Waals surface area (Å²) in [6, 6.07) is 8.33. The van der Waals surface area contributed by atoms with E-state index in [0.29, 0.717) is 18.4 Å². The van der Waals surface area contributed by atoms with Crippen LogP contribution in [0.25, 0.3) is 10.9 Å². The second-order valence-corrected chi connectivity index (χ2v) is 6.88. The molecular formula is C19H23F3N6O2. The second-order valence-electron chi connectivity index (χ2n) is 6.88. The third kappa shape index (κ3) is 6.06. The first-order valence-corrected chi connectivity index (χ1v) is 9.01. The highest BCUT2D eigenvalue weighted by Gasteiger charge is 2.38. The minimum absolute atomic E-state index is 0.254. The summed E-state index contributed by atoms with van der Waals surface area (Å²) in [4.78, 5) is 27.6. The number of carboxylic acid groups (broad SMARTS) is 1. The number of aromatic nitrogens is 4. The lowest BCUT2D eigenvalue weighted by atomic mass is 10.1. The highest BCUT2D eigenvalue weighted by molar-refractivity contribution is 5.82. The van der Waals surface area contributed by atoms with Crippen molar-refractivity contribution in [1.82, 2.24) is 19.9 Å². The fourth-order valence-corrected chi connectivity index (χ4v) is 2.39. The van der Waals surface area contributed by atoms with Crippen LogP contribution in [0.5, 0.6) is 0 Å². The molecule has 0 atom stereocenters. The summed E-state index contributed by atoms with van der Waals surface area (Å²) in [5.41, 5.74) is 2.33. The first-order chi connectivity index (χ1) is 14.0. The monoisotopic (exact) mass is 424 g/mol. The lowest BCUT2D eigenvalue weighted by molar-refractivity contribution is -0.192. The first kappa shape index (κ1) is 22.9. The minimum atomic E-state index is -5.08. The summed E-state index contributed by atoms with van der Waals surface area (Å²) < 4.78 is 31.7. The Kier molecular flexibility index (Phi) is 7.19. The van der Waals surface area contributed by atoms with E-state index in [1.54, 1.807) is 0 Å². The predicted octanol–water partition coefficient (Wildman–Crippen LogP) is 3.79. The van der Waals surface area contributed by atoms with E-state index in [1.165, 1.54) is 10.9 Å². The largest absolute Gasteiger partial charge is 0.490 e. The molecule has 0 fully saturated rings. The molecule has 0 bridgehead atoms. The number of alkyl halides is 3. The molecule has 2 heterocycles. The molecule has 1 aromatic carbocycles. The van der Waals surface area contributed by atoms with Gasteiger partial charge in [0.2, 0.25) is 11.9 Å². The van der Waals surface area contributed by atoms with Crippen LogP contribution in [0, 0.1) is 0 Å². The Balaban J connectivity index is 0.000000396. The molecule has 2 aromatic heterocycles. The molecule has 11 heteroatoms. The molecule has 3 rings (SSSR count). The van der Waals surface area contributed by atoms with E-state index < -0.39 is 12.1 Å². The number of carboxylic acids is 1. The van der Waals surface area contributed by atoms with Crippen molar-refractivity contribution in [3.05, 3.63) is 41.9 Å². The molecule has 162 valence electrons. The number of rotatable bonds is 5. The Hall–Kier alpha value is -3.37. The molecule has 0 saturated heterocycles. The maximum atomic E-state index is 10.6. The Bertz CT molecular complexity index is 975. The standard InChI is InChI=1S/C17H22N6.C2HF3O2/c1-11(2)15-20-16(22-17(21-15)23(3)4)19-10-13-7-5-6-12-8-9-18-14(12)13;3-2(4,5)1(6)7/h5-9,11,18H,10H2,1-4H3,(H,19,20,21,22);(H,6,7). The number of fused-ring (bicyclic) bond motifs is 1. The fourth-order valence-electron chi connectivity index (χ4n) is 2.39. The first-order valence-electron chi connectivity index (χ1n) is 9.01. The van der Waals surface area contributed by atoms with Gasteiger partial charge in [0.1, 0.15) is 5.82 Å². The van der Waals surface area contributed by atoms with E-state index in [0.717, 1.165) is 11.3 Å². The number of benzene rings is 1. The third-order valence-corrected chi connectivity index (χ3v) is 3.91. The van der Waals surface area contributed by atoms with Crippen LogP contribution in [-0.2, 0) is 11.3 Å². The lowest BCUT2D eigenvalue weighted by Gasteiger charge is -2.15. The number of H-pyrrole nitrogens is 1. The van der Waals surface area contributed by atoms with Crippen molar-refractivity contribution in [2.24, 2.45) is 0 Å². The van der Waals surface area contributed by atoms with Gasteiger partial charge in [0.15, 0.2) is 0 Å². The van der Waals surface area contributed by atoms with E-state index >= 15 is 0 Å². The van der Waals surface area contributed by atoms with Crippen LogP contribution in [-0.4, -0.2) is 51.3 Å². The third-order valence-electron chi connectivity index (χ3n) is 3.91. The van der Waals surface area contributed by atoms with E-state index in [-0.39, 0.29) is 5.92 Å². The van der Waals surface area contributed by atoms with Gasteiger partial charge in [-0.05, 0) is 17.0 Å². The van der Waals surface area contributed by atoms with Gasteiger partial charge in [0.05, 0.1) is 5.52 Å². The number of anilines is 2. The molecule has 0 aliphatic carbocycles. The van der Waals surface area contributed by atoms with Gasteiger partial charge in [-0.3, -0.25) is 0 Å². The maximum absolute atomic E-state index is 10.6. The van der Waals surface area contributed by atoms with E-state index in [2.05, 4.69) is 63.4 Å². The second kappa shape index (κ2) is 9.42. The summed E-state index contributed by atoms with van der Waals surface area (Å²) in [6.07, 6.45) is -3.13. The van der Waals surface area contributed by atoms with E-state index in [4.69, 9.17) is 9.90 Å². The SMILES string of the molecule is CC(C)c1nc(NCc2cccc3cc[nH]c23)nc(N(C)C)n1.O=C(O)C(F)(F)F. The molecule has 0 saturated carbocycles. The van der Waals surface area contributed by atoms with Crippen LogP contribution in [0.3, 0.4) is 0 Å². The molecule has 0 aliphatic heterocycles. The highest BCUT2D eigenvalue weighted by atomic mass is 19.4. The zero-order chi connectivity index (χ0) is 22.5. The summed E-state index contributed by atoms with van der Waals surface area (Å²) in [6.45, 7) is 4.82. The van der Waals surface area contributed by atoms with Gasteiger partial charge in [-0.2, -0.15) is 28.1 Å². The molecule has 30 heavy (non-hydrogen) atoms. The van der Waals surface area contributed by atoms with E-state index in [1.807, 2.05) is 25.2 Å². The fraction of sp³-hybridized carbons (Fsp3) is 0.368. The number of hydrogen-bond acceptors (Lipinski definition) is 6. The normalized spacial score (nSPS) is 11.2. The molecule has 3 N–H and O–H groups in total. The average molecular weight is 424 g/mol. The number of nitrogens with zero attached hydrogens (tertiary/aromatic N) is 4. The quantitative estimate of drug-likeness (QED) is 0.572. The number of aliphatic carboxylic acids is 1. The number of halogens is 3. The number of para-hydroxylation sites is 1. The van der Waals surface area contributed by atoms with Crippen molar-refractivity contribution in [3.63, 3.8) is 0 Å². The molecule has 8 nitrogen and oxygen atoms in total. The van der Waals surface area contributed by atoms with Gasteiger partial charge in [-0.25, -0.2) is 4.79 Å². The zero-order valence-electron chi connectivity index (χ0n) is 16.9. The maximum Gasteiger partial charge on any atom is 0.490 e. The summed E-state index contributed by atoms with van der Waals surface area (Å²) in [5.74, 6) is -0.430. The van der Waals surface area contributed by atoms with Crippen molar-refractivity contribution in [2.75, 3.05) is 24.3 Å². The van der Waals surface area contributed by atoms with Gasteiger partial charge >= 0.3 is 12.1 Å². The van der Waals surface area contributed by atoms with Gasteiger partial charge in [-0.15, -0.1) is 0 Å². The van der Waals surface area contributed by atoms with Crippen LogP contribution in [0.4, 0.5) is 25.1 Å². The van der Waals surface area contributed by atoms with Crippen molar-refractivity contribution in [1.29, 1.82) is 0 Å². The van der Waals surface area contributed by atoms with Crippen LogP contribution in [0.2, 0.25) is 0 Å². The number of aromatic amines is 1. The Labute approximate surface area is 171 Å². The summed E-state index contributed by atoms with van der Waals surface area (Å²) in [5, 5.41) is 11.7. The Morgan fingerprint density at radius 1 is 1.20 bits per heavy atom. The van der Waals surface area contributed by atoms with Crippen molar-refractivity contribution < 1.29 is 23.1 Å². The van der Waals surface area contributed by atoms with E-state index in [9.17, 15) is 13.2 Å². The topological polar surface area (TPSA) is 107 Å². The van der Waals surface area contributed by atoms with Gasteiger partial charge < -0.3 is 20.3 Å². The van der Waals surface area contributed by atoms with Crippen LogP contribution in [0.1, 0.15) is 31.2 Å². The molecule has 0 amide bonds. The minimum Gasteiger partial charge on any atom is -0.475 e. The molecule has 0 radical (unpaired) electrons. The average Bonchev–Trinajstić information content (AvgIpc) is 3.15.